The van der Waals surface area contributed by atoms with Gasteiger partial charge in [0.2, 0.25) is 21.9 Å². The van der Waals surface area contributed by atoms with E-state index in [0.717, 1.165) is 24.4 Å². The molecule has 0 aromatic heterocycles. The molecule has 8 nitrogen and oxygen atoms in total. The van der Waals surface area contributed by atoms with Crippen LogP contribution in [0.25, 0.3) is 0 Å². The highest BCUT2D eigenvalue weighted by Crippen LogP contribution is 2.15. The fraction of sp³-hybridized carbons (Fsp3) is 0.800. The number of hydrogen-bond acceptors (Lipinski definition) is 7. The number of hydrogen-bond donors (Lipinski definition) is 3. The first kappa shape index (κ1) is 21.6. The lowest BCUT2D eigenvalue weighted by atomic mass is 10.3. The number of rotatable bonds is 7. The van der Waals surface area contributed by atoms with E-state index in [1.807, 2.05) is 0 Å². The molecule has 0 aliphatic carbocycles. The lowest BCUT2D eigenvalue weighted by molar-refractivity contribution is -0.130. The van der Waals surface area contributed by atoms with Gasteiger partial charge in [-0.3, -0.25) is 14.5 Å². The maximum Gasteiger partial charge on any atom is 0.241 e. The van der Waals surface area contributed by atoms with Crippen LogP contribution in [0.15, 0.2) is 4.99 Å². The number of halogens is 1. The van der Waals surface area contributed by atoms with Crippen LogP contribution in [0.5, 0.6) is 0 Å². The molecule has 22 heavy (non-hydrogen) atoms. The molecule has 1 aliphatic heterocycles. The molecule has 1 heterocycles. The topological polar surface area (TPSA) is 131 Å². The Bertz CT molecular complexity index is 482. The fourth-order valence-corrected chi connectivity index (χ4v) is 3.74. The van der Waals surface area contributed by atoms with Crippen molar-refractivity contribution < 1.29 is 13.2 Å². The number of aliphatic imine (C=N–C) groups is 1. The molecule has 1 saturated heterocycles. The molecule has 130 valence electrons. The van der Waals surface area contributed by atoms with Crippen LogP contribution in [-0.2, 0) is 14.8 Å². The van der Waals surface area contributed by atoms with Gasteiger partial charge in [0.15, 0.2) is 0 Å². The van der Waals surface area contributed by atoms with Crippen LogP contribution in [0, 0.1) is 0 Å². The van der Waals surface area contributed by atoms with Crippen LogP contribution in [0.3, 0.4) is 0 Å². The Morgan fingerprint density at radius 3 is 2.77 bits per heavy atom. The second-order valence-corrected chi connectivity index (χ2v) is 8.43. The van der Waals surface area contributed by atoms with Gasteiger partial charge in [-0.15, -0.1) is 24.2 Å². The van der Waals surface area contributed by atoms with Crippen molar-refractivity contribution in [2.75, 3.05) is 42.5 Å². The standard InChI is InChI=1S/C10H21N5O3S3.ClH/c1-21(17,18)14-10(12)13-2-4-19-6-8(11)9(16)15-3-5-20-7-15;/h8H,2-7,11H2,1H3,(H3,12,13,14);1H/t8-;/m1./s1. The minimum absolute atomic E-state index is 0. The lowest BCUT2D eigenvalue weighted by Gasteiger charge is -2.19. The van der Waals surface area contributed by atoms with E-state index in [1.165, 1.54) is 11.8 Å². The molecule has 0 unspecified atom stereocenters. The van der Waals surface area contributed by atoms with Gasteiger partial charge in [-0.2, -0.15) is 11.8 Å². The van der Waals surface area contributed by atoms with E-state index in [9.17, 15) is 13.2 Å². The Morgan fingerprint density at radius 2 is 2.23 bits per heavy atom. The highest BCUT2D eigenvalue weighted by Gasteiger charge is 2.23. The van der Waals surface area contributed by atoms with Gasteiger partial charge in [0.1, 0.15) is 0 Å². The number of nitrogens with one attached hydrogen (secondary N) is 1. The fourth-order valence-electron chi connectivity index (χ4n) is 1.56. The zero-order valence-corrected chi connectivity index (χ0v) is 15.5. The van der Waals surface area contributed by atoms with E-state index < -0.39 is 16.1 Å². The summed E-state index contributed by atoms with van der Waals surface area (Å²) in [4.78, 5) is 17.6. The summed E-state index contributed by atoms with van der Waals surface area (Å²) in [6, 6.07) is -0.510. The number of thioether (sulfide) groups is 2. The Morgan fingerprint density at radius 1 is 1.55 bits per heavy atom. The quantitative estimate of drug-likeness (QED) is 0.284. The summed E-state index contributed by atoms with van der Waals surface area (Å²) >= 11 is 3.21. The predicted octanol–water partition coefficient (Wildman–Crippen LogP) is -1.13. The van der Waals surface area contributed by atoms with Gasteiger partial charge in [0, 0.05) is 23.8 Å². The van der Waals surface area contributed by atoms with Crippen molar-refractivity contribution in [1.82, 2.24) is 9.62 Å². The lowest BCUT2D eigenvalue weighted by Crippen LogP contribution is -2.44. The summed E-state index contributed by atoms with van der Waals surface area (Å²) in [6.45, 7) is 1.12. The van der Waals surface area contributed by atoms with Crippen molar-refractivity contribution in [1.29, 1.82) is 0 Å². The predicted molar refractivity (Wildman–Crippen MR) is 96.1 cm³/mol. The number of carbonyl (C=O) groups is 1. The highest BCUT2D eigenvalue weighted by atomic mass is 35.5. The Balaban J connectivity index is 0.00000441. The molecule has 0 spiro atoms. The molecule has 1 rings (SSSR count). The molecular formula is C10H22ClN5O3S3. The van der Waals surface area contributed by atoms with E-state index >= 15 is 0 Å². The minimum atomic E-state index is -3.38. The van der Waals surface area contributed by atoms with Crippen LogP contribution in [0.1, 0.15) is 0 Å². The Kier molecular flexibility index (Phi) is 10.3. The van der Waals surface area contributed by atoms with Gasteiger partial charge in [0.25, 0.3) is 0 Å². The largest absolute Gasteiger partial charge is 0.369 e. The normalized spacial score (nSPS) is 17.0. The van der Waals surface area contributed by atoms with E-state index in [0.29, 0.717) is 18.1 Å². The third-order valence-electron chi connectivity index (χ3n) is 2.49. The average Bonchev–Trinajstić information content (AvgIpc) is 2.88. The van der Waals surface area contributed by atoms with Crippen molar-refractivity contribution >= 4 is 57.8 Å². The van der Waals surface area contributed by atoms with Crippen molar-refractivity contribution in [3.63, 3.8) is 0 Å². The zero-order chi connectivity index (χ0) is 15.9. The molecule has 1 amide bonds. The molecule has 1 atom stereocenters. The van der Waals surface area contributed by atoms with Crippen molar-refractivity contribution in [2.24, 2.45) is 16.5 Å². The molecule has 0 bridgehead atoms. The van der Waals surface area contributed by atoms with Gasteiger partial charge in [0.05, 0.1) is 24.7 Å². The molecule has 0 aromatic carbocycles. The van der Waals surface area contributed by atoms with Crippen LogP contribution in [-0.4, -0.2) is 73.7 Å². The second-order valence-electron chi connectivity index (χ2n) is 4.46. The smallest absolute Gasteiger partial charge is 0.241 e. The number of nitrogens with zero attached hydrogens (tertiary/aromatic N) is 2. The van der Waals surface area contributed by atoms with Gasteiger partial charge < -0.3 is 16.4 Å². The van der Waals surface area contributed by atoms with Crippen LogP contribution in [0.4, 0.5) is 0 Å². The number of carbonyl (C=O) groups excluding carboxylic acids is 1. The SMILES string of the molecule is CS(=O)(=O)NC(N)=NCCSC[C@@H](N)C(=O)N1CCSC1.Cl. The third kappa shape index (κ3) is 8.93. The third-order valence-corrected chi connectivity index (χ3v) is 5.10. The molecule has 1 fully saturated rings. The van der Waals surface area contributed by atoms with Crippen LogP contribution < -0.4 is 16.2 Å². The average molecular weight is 392 g/mol. The highest BCUT2D eigenvalue weighted by molar-refractivity contribution is 7.99. The van der Waals surface area contributed by atoms with E-state index in [-0.39, 0.29) is 24.3 Å². The molecular weight excluding hydrogens is 370 g/mol. The second kappa shape index (κ2) is 10.4. The molecule has 0 radical (unpaired) electrons. The van der Waals surface area contributed by atoms with E-state index in [2.05, 4.69) is 9.71 Å². The first-order valence-corrected chi connectivity index (χ1v) is 10.5. The summed E-state index contributed by atoms with van der Waals surface area (Å²) in [5.74, 6) is 2.65. The zero-order valence-electron chi connectivity index (χ0n) is 12.2. The van der Waals surface area contributed by atoms with E-state index in [1.54, 1.807) is 16.7 Å². The van der Waals surface area contributed by atoms with Crippen molar-refractivity contribution in [2.45, 2.75) is 6.04 Å². The molecule has 12 heteroatoms. The summed E-state index contributed by atoms with van der Waals surface area (Å²) in [5.41, 5.74) is 11.2. The van der Waals surface area contributed by atoms with Gasteiger partial charge in [-0.1, -0.05) is 0 Å². The summed E-state index contributed by atoms with van der Waals surface area (Å²) < 4.78 is 23.8. The van der Waals surface area contributed by atoms with Gasteiger partial charge >= 0.3 is 0 Å². The van der Waals surface area contributed by atoms with Crippen LogP contribution >= 0.6 is 35.9 Å². The molecule has 0 saturated carbocycles. The summed E-state index contributed by atoms with van der Waals surface area (Å²) in [5, 5.41) is 0. The maximum atomic E-state index is 11.9. The van der Waals surface area contributed by atoms with Crippen molar-refractivity contribution in [3.8, 4) is 0 Å². The Hall–Kier alpha value is -0.360. The van der Waals surface area contributed by atoms with Crippen molar-refractivity contribution in [3.05, 3.63) is 0 Å². The number of guanidine groups is 1. The molecule has 0 aromatic rings. The number of sulfonamides is 1. The first-order valence-electron chi connectivity index (χ1n) is 6.27. The number of nitrogens with two attached hydrogens (primary N) is 2. The maximum absolute atomic E-state index is 11.9. The van der Waals surface area contributed by atoms with Gasteiger partial charge in [-0.25, -0.2) is 8.42 Å². The summed E-state index contributed by atoms with van der Waals surface area (Å²) in [6.07, 6.45) is 1.01. The van der Waals surface area contributed by atoms with E-state index in [4.69, 9.17) is 11.5 Å². The Labute approximate surface area is 145 Å². The van der Waals surface area contributed by atoms with Gasteiger partial charge in [-0.05, 0) is 0 Å². The summed E-state index contributed by atoms with van der Waals surface area (Å²) in [7, 11) is -3.38. The first-order chi connectivity index (χ1) is 9.79. The molecule has 5 N–H and O–H groups in total. The molecule has 1 aliphatic rings. The minimum Gasteiger partial charge on any atom is -0.369 e. The number of amides is 1. The van der Waals surface area contributed by atoms with Crippen LogP contribution in [0.2, 0.25) is 0 Å². The monoisotopic (exact) mass is 391 g/mol.